The fourth-order valence-corrected chi connectivity index (χ4v) is 0.951. The Hall–Kier alpha value is -2.18. The minimum Gasteiger partial charge on any atom is -0.460 e. The molecule has 92 valence electrons. The fourth-order valence-electron chi connectivity index (χ4n) is 0.951. The predicted octanol–water partition coefficient (Wildman–Crippen LogP) is 1.21. The van der Waals surface area contributed by atoms with Crippen LogP contribution in [-0.2, 0) is 9.53 Å². The van der Waals surface area contributed by atoms with Crippen LogP contribution >= 0.6 is 0 Å². The van der Waals surface area contributed by atoms with Gasteiger partial charge in [0.05, 0.1) is 12.3 Å². The average Bonchev–Trinajstić information content (AvgIpc) is 2.27. The molecule has 0 aliphatic heterocycles. The number of nitrogens with two attached hydrogens (primary N) is 1. The molecule has 0 unspecified atom stereocenters. The van der Waals surface area contributed by atoms with Crippen molar-refractivity contribution in [3.8, 4) is 0 Å². The number of hydrogen-bond donors (Lipinski definition) is 2. The van der Waals surface area contributed by atoms with Gasteiger partial charge in [-0.15, -0.1) is 5.10 Å². The molecule has 0 saturated carbocycles. The monoisotopic (exact) mass is 243 g/mol. The van der Waals surface area contributed by atoms with Gasteiger partial charge in [-0.1, -0.05) is 0 Å². The van der Waals surface area contributed by atoms with Crippen LogP contribution in [0.25, 0.3) is 0 Å². The van der Waals surface area contributed by atoms with Crippen LogP contribution in [0, 0.1) is 11.6 Å². The number of hydrogen-bond acceptors (Lipinski definition) is 4. The highest BCUT2D eigenvalue weighted by molar-refractivity contribution is 6.34. The maximum absolute atomic E-state index is 13.1. The summed E-state index contributed by atoms with van der Waals surface area (Å²) in [4.78, 5) is 11.0. The van der Waals surface area contributed by atoms with E-state index >= 15 is 0 Å². The molecule has 0 saturated heterocycles. The number of benzene rings is 1. The van der Waals surface area contributed by atoms with Crippen LogP contribution < -0.4 is 11.2 Å². The van der Waals surface area contributed by atoms with Crippen molar-refractivity contribution in [2.45, 2.75) is 6.92 Å². The summed E-state index contributed by atoms with van der Waals surface area (Å²) in [6.07, 6.45) is 0. The van der Waals surface area contributed by atoms with Crippen LogP contribution in [0.1, 0.15) is 6.92 Å². The summed E-state index contributed by atoms with van der Waals surface area (Å²) in [5.41, 5.74) is 7.35. The third kappa shape index (κ3) is 3.71. The lowest BCUT2D eigenvalue weighted by Crippen LogP contribution is -2.27. The second-order valence-corrected chi connectivity index (χ2v) is 2.95. The van der Waals surface area contributed by atoms with Gasteiger partial charge in [-0.05, 0) is 19.1 Å². The zero-order valence-electron chi connectivity index (χ0n) is 9.04. The zero-order chi connectivity index (χ0) is 12.8. The highest BCUT2D eigenvalue weighted by atomic mass is 19.1. The molecule has 0 radical (unpaired) electrons. The third-order valence-electron chi connectivity index (χ3n) is 1.71. The summed E-state index contributed by atoms with van der Waals surface area (Å²) in [5, 5.41) is 3.41. The molecule has 0 fully saturated rings. The highest BCUT2D eigenvalue weighted by Gasteiger charge is 2.08. The maximum atomic E-state index is 13.1. The number of amidine groups is 1. The van der Waals surface area contributed by atoms with Crippen LogP contribution in [-0.4, -0.2) is 18.4 Å². The van der Waals surface area contributed by atoms with Gasteiger partial charge in [0.1, 0.15) is 5.82 Å². The van der Waals surface area contributed by atoms with E-state index in [9.17, 15) is 13.6 Å². The molecule has 0 bridgehead atoms. The topological polar surface area (TPSA) is 76.7 Å². The smallest absolute Gasteiger partial charge is 0.375 e. The van der Waals surface area contributed by atoms with E-state index in [0.29, 0.717) is 6.07 Å². The highest BCUT2D eigenvalue weighted by Crippen LogP contribution is 2.14. The molecule has 3 N–H and O–H groups in total. The molecule has 0 atom stereocenters. The van der Waals surface area contributed by atoms with Gasteiger partial charge in [-0.3, -0.25) is 5.43 Å². The van der Waals surface area contributed by atoms with Gasteiger partial charge in [0.2, 0.25) is 5.84 Å². The second kappa shape index (κ2) is 5.78. The number of nitrogens with zero attached hydrogens (tertiary/aromatic N) is 1. The van der Waals surface area contributed by atoms with E-state index in [1.54, 1.807) is 6.92 Å². The average molecular weight is 243 g/mol. The largest absolute Gasteiger partial charge is 0.460 e. The molecule has 0 heterocycles. The van der Waals surface area contributed by atoms with Crippen molar-refractivity contribution in [2.75, 3.05) is 12.0 Å². The minimum absolute atomic E-state index is 0.0985. The molecule has 17 heavy (non-hydrogen) atoms. The van der Waals surface area contributed by atoms with E-state index in [1.165, 1.54) is 0 Å². The van der Waals surface area contributed by atoms with E-state index in [1.807, 2.05) is 0 Å². The maximum Gasteiger partial charge on any atom is 0.375 e. The molecule has 0 aliphatic rings. The molecule has 7 heteroatoms. The summed E-state index contributed by atoms with van der Waals surface area (Å²) in [7, 11) is 0. The summed E-state index contributed by atoms with van der Waals surface area (Å²) < 4.78 is 30.2. The van der Waals surface area contributed by atoms with Crippen molar-refractivity contribution in [3.05, 3.63) is 29.8 Å². The molecule has 1 aromatic rings. The number of carbonyl (C=O) groups excluding carboxylic acids is 1. The van der Waals surface area contributed by atoms with Crippen molar-refractivity contribution >= 4 is 17.5 Å². The fraction of sp³-hybridized carbons (Fsp3) is 0.200. The summed E-state index contributed by atoms with van der Waals surface area (Å²) >= 11 is 0. The first-order valence-electron chi connectivity index (χ1n) is 4.76. The number of anilines is 1. The number of nitrogens with one attached hydrogen (secondary N) is 1. The number of ether oxygens (including phenoxy) is 1. The number of hydrazone groups is 1. The van der Waals surface area contributed by atoms with Gasteiger partial charge < -0.3 is 10.5 Å². The van der Waals surface area contributed by atoms with Gasteiger partial charge in [-0.2, -0.15) is 0 Å². The first kappa shape index (κ1) is 12.9. The Bertz CT molecular complexity index is 449. The summed E-state index contributed by atoms with van der Waals surface area (Å²) in [6, 6.07) is 2.85. The van der Waals surface area contributed by atoms with Gasteiger partial charge in [-0.25, -0.2) is 13.6 Å². The van der Waals surface area contributed by atoms with E-state index in [0.717, 1.165) is 12.1 Å². The van der Waals surface area contributed by atoms with E-state index < -0.39 is 23.4 Å². The minimum atomic E-state index is -0.842. The standard InChI is InChI=1S/C10H11F2N3O2/c1-2-17-10(16)9(13)15-14-8-4-3-6(11)5-7(8)12/h3-5,14H,2H2,1H3,(H2,13,15). The molecule has 0 amide bonds. The molecular weight excluding hydrogens is 232 g/mol. The lowest BCUT2D eigenvalue weighted by atomic mass is 10.3. The van der Waals surface area contributed by atoms with Crippen LogP contribution in [0.15, 0.2) is 23.3 Å². The zero-order valence-corrected chi connectivity index (χ0v) is 9.04. The summed E-state index contributed by atoms with van der Waals surface area (Å²) in [5.74, 6) is -2.82. The third-order valence-corrected chi connectivity index (χ3v) is 1.71. The second-order valence-electron chi connectivity index (χ2n) is 2.95. The first-order valence-corrected chi connectivity index (χ1v) is 4.76. The van der Waals surface area contributed by atoms with Crippen molar-refractivity contribution in [1.29, 1.82) is 0 Å². The van der Waals surface area contributed by atoms with Crippen molar-refractivity contribution in [2.24, 2.45) is 10.8 Å². The van der Waals surface area contributed by atoms with Gasteiger partial charge in [0.25, 0.3) is 0 Å². The Balaban J connectivity index is 2.72. The Morgan fingerprint density at radius 2 is 2.24 bits per heavy atom. The van der Waals surface area contributed by atoms with Crippen LogP contribution in [0.2, 0.25) is 0 Å². The van der Waals surface area contributed by atoms with Gasteiger partial charge in [0.15, 0.2) is 5.82 Å². The normalized spacial score (nSPS) is 11.1. The first-order chi connectivity index (χ1) is 8.04. The number of carbonyl (C=O) groups is 1. The Morgan fingerprint density at radius 1 is 1.53 bits per heavy atom. The number of esters is 1. The molecule has 1 aromatic carbocycles. The van der Waals surface area contributed by atoms with Crippen LogP contribution in [0.5, 0.6) is 0 Å². The Labute approximate surface area is 96.3 Å². The van der Waals surface area contributed by atoms with Gasteiger partial charge >= 0.3 is 5.97 Å². The van der Waals surface area contributed by atoms with Crippen molar-refractivity contribution in [1.82, 2.24) is 0 Å². The van der Waals surface area contributed by atoms with Gasteiger partial charge in [0, 0.05) is 6.07 Å². The quantitative estimate of drug-likeness (QED) is 0.362. The molecule has 1 rings (SSSR count). The van der Waals surface area contributed by atoms with E-state index in [-0.39, 0.29) is 12.3 Å². The Kier molecular flexibility index (Phi) is 4.38. The van der Waals surface area contributed by atoms with Crippen molar-refractivity contribution < 1.29 is 18.3 Å². The lowest BCUT2D eigenvalue weighted by Gasteiger charge is -2.04. The predicted molar refractivity (Wildman–Crippen MR) is 58.2 cm³/mol. The molecule has 0 aromatic heterocycles. The van der Waals surface area contributed by atoms with E-state index in [4.69, 9.17) is 5.73 Å². The Morgan fingerprint density at radius 3 is 2.82 bits per heavy atom. The molecule has 5 nitrogen and oxygen atoms in total. The van der Waals surface area contributed by atoms with Crippen LogP contribution in [0.4, 0.5) is 14.5 Å². The lowest BCUT2D eigenvalue weighted by molar-refractivity contribution is -0.135. The molecule has 0 spiro atoms. The van der Waals surface area contributed by atoms with E-state index in [2.05, 4.69) is 15.3 Å². The van der Waals surface area contributed by atoms with Crippen LogP contribution in [0.3, 0.4) is 0 Å². The molecular formula is C10H11F2N3O2. The molecule has 0 aliphatic carbocycles. The SMILES string of the molecule is CCOC(=O)/C(N)=N/Nc1ccc(F)cc1F. The van der Waals surface area contributed by atoms with Crippen molar-refractivity contribution in [3.63, 3.8) is 0 Å². The summed E-state index contributed by atoms with van der Waals surface area (Å²) in [6.45, 7) is 1.76. The number of halogens is 2. The number of rotatable bonds is 3.